The van der Waals surface area contributed by atoms with Crippen LogP contribution in [0.1, 0.15) is 42.5 Å². The molecule has 1 aromatic heterocycles. The van der Waals surface area contributed by atoms with E-state index in [1.165, 1.54) is 30.6 Å². The molecular formula is C24H30N2OS. The molecule has 2 fully saturated rings. The van der Waals surface area contributed by atoms with Gasteiger partial charge in [0.15, 0.2) is 0 Å². The van der Waals surface area contributed by atoms with Crippen molar-refractivity contribution in [3.05, 3.63) is 64.4 Å². The van der Waals surface area contributed by atoms with Crippen molar-refractivity contribution in [2.24, 2.45) is 5.41 Å². The zero-order valence-corrected chi connectivity index (χ0v) is 17.8. The van der Waals surface area contributed by atoms with E-state index in [-0.39, 0.29) is 11.4 Å². The van der Waals surface area contributed by atoms with Crippen molar-refractivity contribution in [2.45, 2.75) is 37.6 Å². The third-order valence-electron chi connectivity index (χ3n) is 6.94. The third kappa shape index (κ3) is 3.68. The van der Waals surface area contributed by atoms with Crippen molar-refractivity contribution >= 4 is 23.3 Å². The lowest BCUT2D eigenvalue weighted by atomic mass is 9.66. The molecule has 3 nitrogen and oxygen atoms in total. The molecule has 1 spiro atoms. The minimum absolute atomic E-state index is 0.156. The molecular weight excluding hydrogens is 364 g/mol. The highest BCUT2D eigenvalue weighted by Crippen LogP contribution is 2.52. The molecule has 2 aliphatic rings. The zero-order chi connectivity index (χ0) is 19.6. The summed E-state index contributed by atoms with van der Waals surface area (Å²) in [6.07, 6.45) is 9.59. The van der Waals surface area contributed by atoms with Crippen molar-refractivity contribution in [2.75, 3.05) is 27.2 Å². The number of amides is 1. The molecule has 148 valence electrons. The maximum Gasteiger partial charge on any atom is 0.246 e. The van der Waals surface area contributed by atoms with Gasteiger partial charge in [0, 0.05) is 24.0 Å². The SMILES string of the molecule is CN(C)C1(c2cccs2)CCC2(CCN(C(=O)/C=C/c3ccccc3)C2)CC1. The van der Waals surface area contributed by atoms with Crippen LogP contribution in [0.5, 0.6) is 0 Å². The Bertz CT molecular complexity index is 818. The summed E-state index contributed by atoms with van der Waals surface area (Å²) in [5.41, 5.74) is 1.56. The van der Waals surface area contributed by atoms with E-state index in [1.807, 2.05) is 47.7 Å². The molecule has 1 saturated heterocycles. The number of likely N-dealkylation sites (tertiary alicyclic amines) is 1. The molecule has 0 unspecified atom stereocenters. The van der Waals surface area contributed by atoms with Crippen LogP contribution in [0.4, 0.5) is 0 Å². The quantitative estimate of drug-likeness (QED) is 0.681. The standard InChI is InChI=1S/C24H30N2OS/c1-25(2)24(21-9-6-18-28-21)14-12-23(13-15-24)16-17-26(19-23)22(27)11-10-20-7-4-3-5-8-20/h3-11,18H,12-17,19H2,1-2H3/b11-10+. The average molecular weight is 395 g/mol. The van der Waals surface area contributed by atoms with Crippen LogP contribution in [-0.2, 0) is 10.3 Å². The van der Waals surface area contributed by atoms with Crippen molar-refractivity contribution in [1.29, 1.82) is 0 Å². The molecule has 1 aromatic carbocycles. The molecule has 1 aliphatic heterocycles. The molecule has 1 aliphatic carbocycles. The minimum atomic E-state index is 0.156. The van der Waals surface area contributed by atoms with Crippen LogP contribution < -0.4 is 0 Å². The van der Waals surface area contributed by atoms with Crippen molar-refractivity contribution in [3.8, 4) is 0 Å². The van der Waals surface area contributed by atoms with E-state index in [2.05, 4.69) is 41.4 Å². The highest BCUT2D eigenvalue weighted by Gasteiger charge is 2.48. The number of carbonyl (C=O) groups is 1. The first-order valence-corrected chi connectivity index (χ1v) is 11.1. The number of hydrogen-bond donors (Lipinski definition) is 0. The monoisotopic (exact) mass is 394 g/mol. The summed E-state index contributed by atoms with van der Waals surface area (Å²) in [4.78, 5) is 18.7. The summed E-state index contributed by atoms with van der Waals surface area (Å²) in [5, 5.41) is 2.19. The van der Waals surface area contributed by atoms with Gasteiger partial charge in [0.2, 0.25) is 5.91 Å². The fourth-order valence-electron chi connectivity index (χ4n) is 5.02. The van der Waals surface area contributed by atoms with E-state index in [0.29, 0.717) is 5.41 Å². The van der Waals surface area contributed by atoms with Crippen LogP contribution in [-0.4, -0.2) is 42.9 Å². The summed E-state index contributed by atoms with van der Waals surface area (Å²) in [5.74, 6) is 0.156. The van der Waals surface area contributed by atoms with Gasteiger partial charge in [-0.25, -0.2) is 0 Å². The van der Waals surface area contributed by atoms with E-state index >= 15 is 0 Å². The Labute approximate surface area is 172 Å². The van der Waals surface area contributed by atoms with Crippen molar-refractivity contribution in [3.63, 3.8) is 0 Å². The molecule has 2 heterocycles. The molecule has 1 saturated carbocycles. The van der Waals surface area contributed by atoms with E-state index in [1.54, 1.807) is 6.08 Å². The van der Waals surface area contributed by atoms with E-state index < -0.39 is 0 Å². The van der Waals surface area contributed by atoms with Gasteiger partial charge in [-0.1, -0.05) is 36.4 Å². The first-order chi connectivity index (χ1) is 13.5. The average Bonchev–Trinajstić information content (AvgIpc) is 3.39. The normalized spacial score (nSPS) is 27.9. The first kappa shape index (κ1) is 19.4. The summed E-state index contributed by atoms with van der Waals surface area (Å²) in [6, 6.07) is 14.5. The summed E-state index contributed by atoms with van der Waals surface area (Å²) in [6.45, 7) is 1.81. The van der Waals surface area contributed by atoms with Gasteiger partial charge in [0.25, 0.3) is 0 Å². The van der Waals surface area contributed by atoms with Crippen molar-refractivity contribution < 1.29 is 4.79 Å². The second-order valence-electron chi connectivity index (χ2n) is 8.66. The van der Waals surface area contributed by atoms with E-state index in [4.69, 9.17) is 0 Å². The lowest BCUT2D eigenvalue weighted by Crippen LogP contribution is -2.47. The highest BCUT2D eigenvalue weighted by atomic mass is 32.1. The molecule has 2 aromatic rings. The third-order valence-corrected chi connectivity index (χ3v) is 8.00. The van der Waals surface area contributed by atoms with E-state index in [0.717, 1.165) is 25.1 Å². The Morgan fingerprint density at radius 2 is 1.79 bits per heavy atom. The van der Waals surface area contributed by atoms with Crippen LogP contribution in [0.15, 0.2) is 53.9 Å². The van der Waals surface area contributed by atoms with Gasteiger partial charge < -0.3 is 4.90 Å². The lowest BCUT2D eigenvalue weighted by Gasteiger charge is -2.48. The minimum Gasteiger partial charge on any atom is -0.339 e. The number of hydrogen-bond acceptors (Lipinski definition) is 3. The predicted octanol–water partition coefficient (Wildman–Crippen LogP) is 5.01. The summed E-state index contributed by atoms with van der Waals surface area (Å²) < 4.78 is 0. The number of thiophene rings is 1. The summed E-state index contributed by atoms with van der Waals surface area (Å²) >= 11 is 1.88. The summed E-state index contributed by atoms with van der Waals surface area (Å²) in [7, 11) is 4.44. The van der Waals surface area contributed by atoms with Crippen molar-refractivity contribution in [1.82, 2.24) is 9.80 Å². The fourth-order valence-corrected chi connectivity index (χ4v) is 6.09. The van der Waals surface area contributed by atoms with Crippen LogP contribution in [0.2, 0.25) is 0 Å². The lowest BCUT2D eigenvalue weighted by molar-refractivity contribution is -0.125. The Hall–Kier alpha value is -1.91. The van der Waals surface area contributed by atoms with Gasteiger partial charge in [-0.05, 0) is 74.7 Å². The van der Waals surface area contributed by atoms with Gasteiger partial charge in [-0.3, -0.25) is 9.69 Å². The van der Waals surface area contributed by atoms with Gasteiger partial charge in [0.05, 0.1) is 5.54 Å². The molecule has 0 N–H and O–H groups in total. The van der Waals surface area contributed by atoms with Gasteiger partial charge in [-0.15, -0.1) is 11.3 Å². The number of carbonyl (C=O) groups excluding carboxylic acids is 1. The van der Waals surface area contributed by atoms with Gasteiger partial charge >= 0.3 is 0 Å². The maximum atomic E-state index is 12.7. The predicted molar refractivity (Wildman–Crippen MR) is 117 cm³/mol. The zero-order valence-electron chi connectivity index (χ0n) is 16.9. The molecule has 4 heteroatoms. The Morgan fingerprint density at radius 1 is 1.04 bits per heavy atom. The van der Waals surface area contributed by atoms with Crippen LogP contribution in [0.3, 0.4) is 0 Å². The first-order valence-electron chi connectivity index (χ1n) is 10.3. The maximum absolute atomic E-state index is 12.7. The molecule has 4 rings (SSSR count). The smallest absolute Gasteiger partial charge is 0.246 e. The second kappa shape index (κ2) is 7.84. The molecule has 28 heavy (non-hydrogen) atoms. The molecule has 0 bridgehead atoms. The second-order valence-corrected chi connectivity index (χ2v) is 9.60. The number of benzene rings is 1. The Kier molecular flexibility index (Phi) is 5.44. The van der Waals surface area contributed by atoms with Gasteiger partial charge in [-0.2, -0.15) is 0 Å². The number of rotatable bonds is 4. The van der Waals surface area contributed by atoms with Crippen LogP contribution >= 0.6 is 11.3 Å². The molecule has 0 atom stereocenters. The Balaban J connectivity index is 1.40. The highest BCUT2D eigenvalue weighted by molar-refractivity contribution is 7.10. The molecule has 0 radical (unpaired) electrons. The van der Waals surface area contributed by atoms with Crippen LogP contribution in [0.25, 0.3) is 6.08 Å². The largest absolute Gasteiger partial charge is 0.339 e. The Morgan fingerprint density at radius 3 is 2.43 bits per heavy atom. The topological polar surface area (TPSA) is 23.6 Å². The van der Waals surface area contributed by atoms with Crippen LogP contribution in [0, 0.1) is 5.41 Å². The fraction of sp³-hybridized carbons (Fsp3) is 0.458. The molecule has 1 amide bonds. The van der Waals surface area contributed by atoms with E-state index in [9.17, 15) is 4.79 Å². The number of nitrogens with zero attached hydrogens (tertiary/aromatic N) is 2. The van der Waals surface area contributed by atoms with Gasteiger partial charge in [0.1, 0.15) is 0 Å².